The van der Waals surface area contributed by atoms with Gasteiger partial charge in [-0.15, -0.1) is 0 Å². The predicted molar refractivity (Wildman–Crippen MR) is 53.8 cm³/mol. The highest BCUT2D eigenvalue weighted by Crippen LogP contribution is 2.09. The van der Waals surface area contributed by atoms with E-state index in [0.29, 0.717) is 0 Å². The summed E-state index contributed by atoms with van der Waals surface area (Å²) >= 11 is 0. The van der Waals surface area contributed by atoms with Crippen molar-refractivity contribution in [3.05, 3.63) is 29.8 Å². The number of hydrogen-bond acceptors (Lipinski definition) is 3. The first-order chi connectivity index (χ1) is 7.08. The van der Waals surface area contributed by atoms with Crippen molar-refractivity contribution in [2.45, 2.75) is 13.3 Å². The number of phenols is 1. The Morgan fingerprint density at radius 3 is 2.33 bits per heavy atom. The van der Waals surface area contributed by atoms with E-state index in [1.165, 1.54) is 19.1 Å². The molecule has 0 aliphatic rings. The zero-order valence-corrected chi connectivity index (χ0v) is 8.28. The second kappa shape index (κ2) is 4.99. The van der Waals surface area contributed by atoms with Crippen LogP contribution in [0, 0.1) is 0 Å². The molecule has 2 amide bonds. The Morgan fingerprint density at radius 2 is 1.80 bits per heavy atom. The zero-order valence-electron chi connectivity index (χ0n) is 8.28. The van der Waals surface area contributed by atoms with Gasteiger partial charge < -0.3 is 5.11 Å². The smallest absolute Gasteiger partial charge is 0.242 e. The highest BCUT2D eigenvalue weighted by molar-refractivity contribution is 5.82. The summed E-state index contributed by atoms with van der Waals surface area (Å²) in [4.78, 5) is 21.7. The van der Waals surface area contributed by atoms with Gasteiger partial charge in [0.05, 0.1) is 6.42 Å². The summed E-state index contributed by atoms with van der Waals surface area (Å²) < 4.78 is 0. The van der Waals surface area contributed by atoms with Gasteiger partial charge in [0, 0.05) is 6.92 Å². The van der Waals surface area contributed by atoms with E-state index in [0.717, 1.165) is 5.56 Å². The summed E-state index contributed by atoms with van der Waals surface area (Å²) in [5, 5.41) is 9.01. The van der Waals surface area contributed by atoms with Gasteiger partial charge in [0.25, 0.3) is 0 Å². The maximum absolute atomic E-state index is 11.2. The van der Waals surface area contributed by atoms with Gasteiger partial charge in [-0.1, -0.05) is 12.1 Å². The molecule has 0 saturated carbocycles. The van der Waals surface area contributed by atoms with Gasteiger partial charge in [-0.25, -0.2) is 0 Å². The predicted octanol–water partition coefficient (Wildman–Crippen LogP) is 0.102. The normalized spacial score (nSPS) is 9.40. The lowest BCUT2D eigenvalue weighted by atomic mass is 10.1. The third kappa shape index (κ3) is 4.12. The second-order valence-corrected chi connectivity index (χ2v) is 3.07. The highest BCUT2D eigenvalue weighted by atomic mass is 16.3. The summed E-state index contributed by atoms with van der Waals surface area (Å²) in [5.74, 6) is -0.481. The van der Waals surface area contributed by atoms with Crippen molar-refractivity contribution < 1.29 is 14.7 Å². The first-order valence-electron chi connectivity index (χ1n) is 4.41. The van der Waals surface area contributed by atoms with E-state index >= 15 is 0 Å². The Kier molecular flexibility index (Phi) is 3.68. The minimum Gasteiger partial charge on any atom is -0.508 e. The standard InChI is InChI=1S/C10H12N2O3/c1-7(13)11-12-10(15)6-8-2-4-9(14)5-3-8/h2-5,14H,6H2,1H3,(H,11,13)(H,12,15). The Labute approximate surface area is 87.1 Å². The van der Waals surface area contributed by atoms with Crippen LogP contribution in [0.25, 0.3) is 0 Å². The third-order valence-corrected chi connectivity index (χ3v) is 1.68. The van der Waals surface area contributed by atoms with Crippen molar-refractivity contribution >= 4 is 11.8 Å². The van der Waals surface area contributed by atoms with Crippen LogP contribution in [0.15, 0.2) is 24.3 Å². The number of hydrogen-bond donors (Lipinski definition) is 3. The van der Waals surface area contributed by atoms with E-state index in [1.807, 2.05) is 0 Å². The summed E-state index contributed by atoms with van der Waals surface area (Å²) in [6.45, 7) is 1.31. The largest absolute Gasteiger partial charge is 0.508 e. The number of phenolic OH excluding ortho intramolecular Hbond substituents is 1. The third-order valence-electron chi connectivity index (χ3n) is 1.68. The number of nitrogens with one attached hydrogen (secondary N) is 2. The first kappa shape index (κ1) is 11.0. The van der Waals surface area contributed by atoms with Gasteiger partial charge >= 0.3 is 0 Å². The Morgan fingerprint density at radius 1 is 1.20 bits per heavy atom. The molecule has 0 atom stereocenters. The van der Waals surface area contributed by atoms with Gasteiger partial charge in [-0.2, -0.15) is 0 Å². The van der Waals surface area contributed by atoms with Crippen molar-refractivity contribution in [2.24, 2.45) is 0 Å². The number of aromatic hydroxyl groups is 1. The molecule has 0 saturated heterocycles. The van der Waals surface area contributed by atoms with Crippen LogP contribution in [0.1, 0.15) is 12.5 Å². The van der Waals surface area contributed by atoms with Crippen molar-refractivity contribution in [1.82, 2.24) is 10.9 Å². The lowest BCUT2D eigenvalue weighted by Crippen LogP contribution is -2.41. The molecular formula is C10H12N2O3. The number of benzene rings is 1. The van der Waals surface area contributed by atoms with Crippen LogP contribution in [-0.4, -0.2) is 16.9 Å². The Bertz CT molecular complexity index is 359. The molecular weight excluding hydrogens is 196 g/mol. The molecule has 0 bridgehead atoms. The molecule has 0 spiro atoms. The second-order valence-electron chi connectivity index (χ2n) is 3.07. The highest BCUT2D eigenvalue weighted by Gasteiger charge is 2.03. The molecule has 0 heterocycles. The molecule has 15 heavy (non-hydrogen) atoms. The summed E-state index contributed by atoms with van der Waals surface area (Å²) in [5.41, 5.74) is 5.19. The van der Waals surface area contributed by atoms with Crippen LogP contribution in [0.4, 0.5) is 0 Å². The molecule has 0 aliphatic carbocycles. The number of rotatable bonds is 2. The SMILES string of the molecule is CC(=O)NNC(=O)Cc1ccc(O)cc1. The molecule has 0 radical (unpaired) electrons. The molecule has 3 N–H and O–H groups in total. The molecule has 1 aromatic carbocycles. The van der Waals surface area contributed by atoms with Crippen LogP contribution < -0.4 is 10.9 Å². The summed E-state index contributed by atoms with van der Waals surface area (Å²) in [6, 6.07) is 6.29. The van der Waals surface area contributed by atoms with Crippen molar-refractivity contribution in [1.29, 1.82) is 0 Å². The number of carbonyl (C=O) groups is 2. The van der Waals surface area contributed by atoms with Gasteiger partial charge in [0.15, 0.2) is 0 Å². The Hall–Kier alpha value is -2.04. The van der Waals surface area contributed by atoms with Crippen LogP contribution >= 0.6 is 0 Å². The minimum atomic E-state index is -0.325. The summed E-state index contributed by atoms with van der Waals surface area (Å²) in [6.07, 6.45) is 0.153. The molecule has 5 nitrogen and oxygen atoms in total. The fourth-order valence-corrected chi connectivity index (χ4v) is 1.00. The fraction of sp³-hybridized carbons (Fsp3) is 0.200. The molecule has 0 unspecified atom stereocenters. The molecule has 0 aromatic heterocycles. The van der Waals surface area contributed by atoms with Gasteiger partial charge in [-0.05, 0) is 17.7 Å². The van der Waals surface area contributed by atoms with E-state index in [1.54, 1.807) is 12.1 Å². The minimum absolute atomic E-state index is 0.153. The number of hydrazine groups is 1. The van der Waals surface area contributed by atoms with Crippen LogP contribution in [0.5, 0.6) is 5.75 Å². The van der Waals surface area contributed by atoms with Crippen LogP contribution in [0.3, 0.4) is 0 Å². The molecule has 80 valence electrons. The summed E-state index contributed by atoms with van der Waals surface area (Å²) in [7, 11) is 0. The Balaban J connectivity index is 2.44. The topological polar surface area (TPSA) is 78.4 Å². The van der Waals surface area contributed by atoms with Crippen molar-refractivity contribution in [3.63, 3.8) is 0 Å². The fourth-order valence-electron chi connectivity index (χ4n) is 1.00. The molecule has 0 fully saturated rings. The van der Waals surface area contributed by atoms with E-state index in [9.17, 15) is 9.59 Å². The maximum Gasteiger partial charge on any atom is 0.242 e. The lowest BCUT2D eigenvalue weighted by Gasteiger charge is -2.04. The monoisotopic (exact) mass is 208 g/mol. The van der Waals surface area contributed by atoms with Crippen LogP contribution in [0.2, 0.25) is 0 Å². The average Bonchev–Trinajstić information content (AvgIpc) is 2.19. The number of amides is 2. The first-order valence-corrected chi connectivity index (χ1v) is 4.41. The van der Waals surface area contributed by atoms with E-state index in [2.05, 4.69) is 10.9 Å². The van der Waals surface area contributed by atoms with E-state index in [-0.39, 0.29) is 24.0 Å². The number of carbonyl (C=O) groups excluding carboxylic acids is 2. The molecule has 1 aromatic rings. The van der Waals surface area contributed by atoms with E-state index < -0.39 is 0 Å². The zero-order chi connectivity index (χ0) is 11.3. The van der Waals surface area contributed by atoms with Crippen molar-refractivity contribution in [3.8, 4) is 5.75 Å². The van der Waals surface area contributed by atoms with Crippen molar-refractivity contribution in [2.75, 3.05) is 0 Å². The average molecular weight is 208 g/mol. The molecule has 5 heteroatoms. The van der Waals surface area contributed by atoms with Crippen LogP contribution in [-0.2, 0) is 16.0 Å². The quantitative estimate of drug-likeness (QED) is 0.603. The molecule has 1 rings (SSSR count). The lowest BCUT2D eigenvalue weighted by molar-refractivity contribution is -0.127. The van der Waals surface area contributed by atoms with E-state index in [4.69, 9.17) is 5.11 Å². The van der Waals surface area contributed by atoms with Gasteiger partial charge in [-0.3, -0.25) is 20.4 Å². The maximum atomic E-state index is 11.2. The van der Waals surface area contributed by atoms with Gasteiger partial charge in [0.1, 0.15) is 5.75 Å². The van der Waals surface area contributed by atoms with Gasteiger partial charge in [0.2, 0.25) is 11.8 Å². The molecule has 0 aliphatic heterocycles.